The number of hydrogen-bond acceptors (Lipinski definition) is 7. The van der Waals surface area contributed by atoms with Crippen molar-refractivity contribution < 1.29 is 24.0 Å². The molecule has 4 aromatic rings. The third kappa shape index (κ3) is 6.01. The number of ether oxygens (including phenoxy) is 1. The van der Waals surface area contributed by atoms with Gasteiger partial charge in [0.05, 0.1) is 31.9 Å². The first kappa shape index (κ1) is 30.3. The molecule has 220 valence electrons. The number of benzene rings is 2. The molecule has 2 aromatic carbocycles. The van der Waals surface area contributed by atoms with Gasteiger partial charge in [-0.1, -0.05) is 52.1 Å². The van der Waals surface area contributed by atoms with Gasteiger partial charge in [0.1, 0.15) is 23.8 Å². The average Bonchev–Trinajstić information content (AvgIpc) is 3.56. The van der Waals surface area contributed by atoms with E-state index in [1.165, 1.54) is 0 Å². The minimum Gasteiger partial charge on any atom is -0.489 e. The van der Waals surface area contributed by atoms with E-state index in [4.69, 9.17) is 53.7 Å². The fourth-order valence-electron chi connectivity index (χ4n) is 5.61. The zero-order chi connectivity index (χ0) is 30.2. The Kier molecular flexibility index (Phi) is 8.83. The van der Waals surface area contributed by atoms with Gasteiger partial charge in [-0.2, -0.15) is 14.7 Å². The summed E-state index contributed by atoms with van der Waals surface area (Å²) in [5.74, 6) is 1.97. The SMILES string of the molecule is Cc1cc(C2CC(O)(c3ccc(OCc4c(-c5c(Cl)cccc5Cl)noc4C4CC4)cc3Cl)C2)n(C(C)C)n1.O=C=O. The molecule has 0 bridgehead atoms. The van der Waals surface area contributed by atoms with E-state index in [9.17, 15) is 5.11 Å². The summed E-state index contributed by atoms with van der Waals surface area (Å²) in [6.07, 6.45) is 3.54. The van der Waals surface area contributed by atoms with Crippen LogP contribution >= 0.6 is 34.8 Å². The minimum absolute atomic E-state index is 0.229. The quantitative estimate of drug-likeness (QED) is 0.210. The Hall–Kier alpha value is -3.13. The number of hydrogen-bond donors (Lipinski definition) is 1. The van der Waals surface area contributed by atoms with Gasteiger partial charge in [0, 0.05) is 34.7 Å². The fraction of sp³-hybridized carbons (Fsp3) is 0.387. The molecule has 8 nitrogen and oxygen atoms in total. The highest BCUT2D eigenvalue weighted by Crippen LogP contribution is 2.53. The third-order valence-electron chi connectivity index (χ3n) is 7.75. The molecule has 0 aliphatic heterocycles. The van der Waals surface area contributed by atoms with Crippen molar-refractivity contribution in [2.24, 2.45) is 0 Å². The van der Waals surface area contributed by atoms with Gasteiger partial charge < -0.3 is 14.4 Å². The Bertz CT molecular complexity index is 1610. The van der Waals surface area contributed by atoms with Crippen LogP contribution in [0.2, 0.25) is 15.1 Å². The number of halogens is 3. The van der Waals surface area contributed by atoms with Crippen molar-refractivity contribution >= 4 is 41.0 Å². The standard InChI is InChI=1S/C30H30Cl3N3O3.CO2/c1-16(2)36-26(11-17(3)34-36)19-13-30(37,14-19)22-10-9-20(12-25(22)33)38-15-21-28(35-39-29(21)18-7-8-18)27-23(31)5-4-6-24(27)32;2-1-3/h4-6,9-12,16,18-19,37H,7-8,13-15H2,1-3H3;. The van der Waals surface area contributed by atoms with Crippen LogP contribution in [0.3, 0.4) is 0 Å². The number of aromatic nitrogens is 3. The summed E-state index contributed by atoms with van der Waals surface area (Å²) in [5.41, 5.74) is 3.96. The molecule has 2 fully saturated rings. The maximum Gasteiger partial charge on any atom is 0.373 e. The zero-order valence-electron chi connectivity index (χ0n) is 23.4. The van der Waals surface area contributed by atoms with Gasteiger partial charge in [-0.25, -0.2) is 0 Å². The van der Waals surface area contributed by atoms with E-state index >= 15 is 0 Å². The normalized spacial score (nSPS) is 19.6. The molecule has 2 aliphatic carbocycles. The molecule has 0 atom stereocenters. The van der Waals surface area contributed by atoms with E-state index in [2.05, 4.69) is 34.9 Å². The summed E-state index contributed by atoms with van der Waals surface area (Å²) >= 11 is 19.7. The van der Waals surface area contributed by atoms with Crippen LogP contribution in [0.1, 0.15) is 85.7 Å². The zero-order valence-corrected chi connectivity index (χ0v) is 25.6. The van der Waals surface area contributed by atoms with Crippen LogP contribution in [0.15, 0.2) is 47.0 Å². The minimum atomic E-state index is -0.984. The number of rotatable bonds is 8. The van der Waals surface area contributed by atoms with Gasteiger partial charge in [-0.15, -0.1) is 0 Å². The Balaban J connectivity index is 0.00000113. The van der Waals surface area contributed by atoms with Crippen LogP contribution in [0.25, 0.3) is 11.3 Å². The molecular weight excluding hydrogens is 601 g/mol. The van der Waals surface area contributed by atoms with Gasteiger partial charge in [0.15, 0.2) is 0 Å². The topological polar surface area (TPSA) is 107 Å². The molecule has 1 N–H and O–H groups in total. The summed E-state index contributed by atoms with van der Waals surface area (Å²) in [6, 6.07) is 13.2. The predicted octanol–water partition coefficient (Wildman–Crippen LogP) is 8.03. The van der Waals surface area contributed by atoms with Gasteiger partial charge in [-0.05, 0) is 76.8 Å². The molecule has 0 radical (unpaired) electrons. The lowest BCUT2D eigenvalue weighted by atomic mass is 9.66. The van der Waals surface area contributed by atoms with E-state index in [0.717, 1.165) is 35.6 Å². The monoisotopic (exact) mass is 629 g/mol. The first-order valence-electron chi connectivity index (χ1n) is 13.7. The smallest absolute Gasteiger partial charge is 0.373 e. The molecule has 2 aromatic heterocycles. The van der Waals surface area contributed by atoms with Gasteiger partial charge in [-0.3, -0.25) is 4.68 Å². The largest absolute Gasteiger partial charge is 0.489 e. The molecule has 0 amide bonds. The summed E-state index contributed by atoms with van der Waals surface area (Å²) < 4.78 is 14.0. The molecule has 2 aliphatic rings. The molecular formula is C31H30Cl3N3O5. The molecule has 6 rings (SSSR count). The van der Waals surface area contributed by atoms with Gasteiger partial charge >= 0.3 is 6.15 Å². The lowest BCUT2D eigenvalue weighted by molar-refractivity contribution is -0.191. The summed E-state index contributed by atoms with van der Waals surface area (Å²) in [7, 11) is 0. The van der Waals surface area contributed by atoms with E-state index in [1.807, 2.05) is 19.1 Å². The second-order valence-electron chi connectivity index (χ2n) is 11.1. The number of aryl methyl sites for hydroxylation is 1. The van der Waals surface area contributed by atoms with Gasteiger partial charge in [0.25, 0.3) is 0 Å². The molecule has 0 spiro atoms. The second-order valence-corrected chi connectivity index (χ2v) is 12.4. The lowest BCUT2D eigenvalue weighted by Crippen LogP contribution is -2.41. The van der Waals surface area contributed by atoms with Crippen molar-refractivity contribution in [2.75, 3.05) is 0 Å². The van der Waals surface area contributed by atoms with Crippen LogP contribution in [0, 0.1) is 6.92 Å². The molecule has 2 heterocycles. The van der Waals surface area contributed by atoms with Crippen molar-refractivity contribution in [1.29, 1.82) is 0 Å². The Morgan fingerprint density at radius 2 is 1.74 bits per heavy atom. The average molecular weight is 631 g/mol. The van der Waals surface area contributed by atoms with E-state index < -0.39 is 5.60 Å². The Morgan fingerprint density at radius 3 is 2.33 bits per heavy atom. The number of aliphatic hydroxyl groups is 1. The van der Waals surface area contributed by atoms with Crippen molar-refractivity contribution in [3.63, 3.8) is 0 Å². The highest BCUT2D eigenvalue weighted by Gasteiger charge is 2.47. The maximum absolute atomic E-state index is 11.4. The lowest BCUT2D eigenvalue weighted by Gasteiger charge is -2.44. The molecule has 11 heteroatoms. The molecule has 0 unspecified atom stereocenters. The van der Waals surface area contributed by atoms with Crippen LogP contribution < -0.4 is 4.74 Å². The van der Waals surface area contributed by atoms with E-state index in [1.54, 1.807) is 24.3 Å². The molecule has 42 heavy (non-hydrogen) atoms. The first-order chi connectivity index (χ1) is 20.1. The van der Waals surface area contributed by atoms with E-state index in [-0.39, 0.29) is 24.7 Å². The first-order valence-corrected chi connectivity index (χ1v) is 14.8. The number of nitrogens with zero attached hydrogens (tertiary/aromatic N) is 3. The van der Waals surface area contributed by atoms with Crippen molar-refractivity contribution in [1.82, 2.24) is 14.9 Å². The van der Waals surface area contributed by atoms with Crippen molar-refractivity contribution in [3.05, 3.63) is 85.8 Å². The highest BCUT2D eigenvalue weighted by atomic mass is 35.5. The summed E-state index contributed by atoms with van der Waals surface area (Å²) in [6.45, 7) is 6.47. The fourth-order valence-corrected chi connectivity index (χ4v) is 6.53. The predicted molar refractivity (Wildman–Crippen MR) is 158 cm³/mol. The maximum atomic E-state index is 11.4. The van der Waals surface area contributed by atoms with Crippen LogP contribution in [0.5, 0.6) is 5.75 Å². The highest BCUT2D eigenvalue weighted by molar-refractivity contribution is 6.39. The third-order valence-corrected chi connectivity index (χ3v) is 8.70. The second kappa shape index (κ2) is 12.2. The summed E-state index contributed by atoms with van der Waals surface area (Å²) in [4.78, 5) is 16.2. The van der Waals surface area contributed by atoms with Crippen LogP contribution in [-0.2, 0) is 21.8 Å². The van der Waals surface area contributed by atoms with Gasteiger partial charge in [0.2, 0.25) is 0 Å². The van der Waals surface area contributed by atoms with Crippen molar-refractivity contribution in [2.45, 2.75) is 76.5 Å². The molecule has 2 saturated carbocycles. The van der Waals surface area contributed by atoms with Crippen LogP contribution in [0.4, 0.5) is 0 Å². The molecule has 0 saturated heterocycles. The van der Waals surface area contributed by atoms with Crippen LogP contribution in [-0.4, -0.2) is 26.2 Å². The summed E-state index contributed by atoms with van der Waals surface area (Å²) in [5, 5.41) is 21.9. The van der Waals surface area contributed by atoms with E-state index in [0.29, 0.717) is 56.4 Å². The van der Waals surface area contributed by atoms with Crippen molar-refractivity contribution in [3.8, 4) is 17.0 Å². The Morgan fingerprint density at radius 1 is 1.07 bits per heavy atom. The number of carbonyl (C=O) groups excluding carboxylic acids is 2. The Labute approximate surface area is 258 Å².